The molecule has 1 aromatic rings. The topological polar surface area (TPSA) is 79.5 Å². The summed E-state index contributed by atoms with van der Waals surface area (Å²) in [6.07, 6.45) is 0. The maximum atomic E-state index is 11.8. The van der Waals surface area contributed by atoms with Crippen molar-refractivity contribution in [2.24, 2.45) is 0 Å². The van der Waals surface area contributed by atoms with Crippen LogP contribution in [0.3, 0.4) is 0 Å². The Morgan fingerprint density at radius 1 is 1.40 bits per heavy atom. The fourth-order valence-electron chi connectivity index (χ4n) is 1.48. The number of ether oxygens (including phenoxy) is 1. The van der Waals surface area contributed by atoms with E-state index in [0.717, 1.165) is 4.47 Å². The van der Waals surface area contributed by atoms with Gasteiger partial charge < -0.3 is 15.4 Å². The molecule has 3 amide bonds. The van der Waals surface area contributed by atoms with Gasteiger partial charge in [0.25, 0.3) is 0 Å². The minimum absolute atomic E-state index is 0.424. The Balaban J connectivity index is 2.78. The first-order chi connectivity index (χ1) is 9.47. The Morgan fingerprint density at radius 2 is 2.10 bits per heavy atom. The molecular formula is C13H18BrN3O3. The fraction of sp³-hybridized carbons (Fsp3) is 0.385. The maximum absolute atomic E-state index is 11.8. The highest BCUT2D eigenvalue weighted by molar-refractivity contribution is 9.10. The van der Waals surface area contributed by atoms with Gasteiger partial charge in [0.15, 0.2) is 0 Å². The standard InChI is InChI=1S/C13H18BrN3O3/c1-4-20-11-6-5-9(14)7-10(11)16-8(2)12(18)17-13(19)15-3/h5-8,16H,4H2,1-3H3,(H2,15,17,18,19). The van der Waals surface area contributed by atoms with Gasteiger partial charge in [0.2, 0.25) is 5.91 Å². The van der Waals surface area contributed by atoms with Crippen molar-refractivity contribution in [3.05, 3.63) is 22.7 Å². The fourth-order valence-corrected chi connectivity index (χ4v) is 1.84. The predicted octanol–water partition coefficient (Wildman–Crippen LogP) is 2.10. The van der Waals surface area contributed by atoms with Crippen LogP contribution in [0, 0.1) is 0 Å². The summed E-state index contributed by atoms with van der Waals surface area (Å²) in [5, 5.41) is 7.55. The Morgan fingerprint density at radius 3 is 2.70 bits per heavy atom. The molecule has 0 heterocycles. The second-order valence-corrected chi connectivity index (χ2v) is 4.92. The maximum Gasteiger partial charge on any atom is 0.321 e. The van der Waals surface area contributed by atoms with Crippen LogP contribution in [0.2, 0.25) is 0 Å². The molecule has 1 rings (SSSR count). The van der Waals surface area contributed by atoms with Crippen molar-refractivity contribution < 1.29 is 14.3 Å². The summed E-state index contributed by atoms with van der Waals surface area (Å²) < 4.78 is 6.34. The van der Waals surface area contributed by atoms with Crippen LogP contribution in [0.5, 0.6) is 5.75 Å². The van der Waals surface area contributed by atoms with Crippen molar-refractivity contribution in [3.63, 3.8) is 0 Å². The highest BCUT2D eigenvalue weighted by Crippen LogP contribution is 2.28. The van der Waals surface area contributed by atoms with Gasteiger partial charge in [-0.3, -0.25) is 10.1 Å². The van der Waals surface area contributed by atoms with Crippen molar-refractivity contribution in [1.82, 2.24) is 10.6 Å². The highest BCUT2D eigenvalue weighted by atomic mass is 79.9. The van der Waals surface area contributed by atoms with Gasteiger partial charge in [-0.2, -0.15) is 0 Å². The SMILES string of the molecule is CCOc1ccc(Br)cc1NC(C)C(=O)NC(=O)NC. The molecule has 3 N–H and O–H groups in total. The van der Waals surface area contributed by atoms with E-state index in [2.05, 4.69) is 31.9 Å². The Labute approximate surface area is 126 Å². The lowest BCUT2D eigenvalue weighted by molar-refractivity contribution is -0.120. The van der Waals surface area contributed by atoms with E-state index in [-0.39, 0.29) is 0 Å². The van der Waals surface area contributed by atoms with Crippen molar-refractivity contribution in [3.8, 4) is 5.75 Å². The monoisotopic (exact) mass is 343 g/mol. The molecule has 1 aromatic carbocycles. The van der Waals surface area contributed by atoms with E-state index in [9.17, 15) is 9.59 Å². The van der Waals surface area contributed by atoms with Gasteiger partial charge >= 0.3 is 6.03 Å². The van der Waals surface area contributed by atoms with E-state index in [0.29, 0.717) is 18.0 Å². The predicted molar refractivity (Wildman–Crippen MR) is 81.0 cm³/mol. The van der Waals surface area contributed by atoms with Crippen LogP contribution < -0.4 is 20.7 Å². The van der Waals surface area contributed by atoms with Crippen molar-refractivity contribution >= 4 is 33.6 Å². The minimum Gasteiger partial charge on any atom is -0.492 e. The van der Waals surface area contributed by atoms with Crippen LogP contribution in [0.25, 0.3) is 0 Å². The number of imide groups is 1. The minimum atomic E-state index is -0.583. The first-order valence-corrected chi connectivity index (χ1v) is 6.98. The van der Waals surface area contributed by atoms with Crippen LogP contribution in [0.1, 0.15) is 13.8 Å². The lowest BCUT2D eigenvalue weighted by Gasteiger charge is -2.17. The molecule has 0 aliphatic heterocycles. The van der Waals surface area contributed by atoms with E-state index in [4.69, 9.17) is 4.74 Å². The van der Waals surface area contributed by atoms with E-state index in [1.54, 1.807) is 13.0 Å². The summed E-state index contributed by atoms with van der Waals surface area (Å²) in [5.41, 5.74) is 0.681. The Hall–Kier alpha value is -1.76. The van der Waals surface area contributed by atoms with Crippen LogP contribution >= 0.6 is 15.9 Å². The number of amides is 3. The third-order valence-electron chi connectivity index (χ3n) is 2.47. The summed E-state index contributed by atoms with van der Waals surface area (Å²) in [5.74, 6) is 0.224. The highest BCUT2D eigenvalue weighted by Gasteiger charge is 2.16. The largest absolute Gasteiger partial charge is 0.492 e. The lowest BCUT2D eigenvalue weighted by Crippen LogP contribution is -2.44. The van der Waals surface area contributed by atoms with Gasteiger partial charge in [-0.15, -0.1) is 0 Å². The van der Waals surface area contributed by atoms with Crippen LogP contribution in [0.4, 0.5) is 10.5 Å². The number of hydrogen-bond donors (Lipinski definition) is 3. The molecule has 0 spiro atoms. The van der Waals surface area contributed by atoms with Crippen molar-refractivity contribution in [2.75, 3.05) is 19.0 Å². The summed E-state index contributed by atoms with van der Waals surface area (Å²) in [4.78, 5) is 22.9. The first kappa shape index (κ1) is 16.3. The number of halogens is 1. The zero-order chi connectivity index (χ0) is 15.1. The Kier molecular flexibility index (Phi) is 6.30. The molecular weight excluding hydrogens is 326 g/mol. The summed E-state index contributed by atoms with van der Waals surface area (Å²) in [6, 6.07) is 4.35. The van der Waals surface area contributed by atoms with Gasteiger partial charge in [0.1, 0.15) is 11.8 Å². The average Bonchev–Trinajstić information content (AvgIpc) is 2.41. The molecule has 0 saturated carbocycles. The number of carbonyl (C=O) groups is 2. The molecule has 6 nitrogen and oxygen atoms in total. The number of benzene rings is 1. The summed E-state index contributed by atoms with van der Waals surface area (Å²) in [6.45, 7) is 4.07. The molecule has 0 fully saturated rings. The molecule has 0 radical (unpaired) electrons. The van der Waals surface area contributed by atoms with E-state index in [1.165, 1.54) is 7.05 Å². The molecule has 0 bridgehead atoms. The molecule has 110 valence electrons. The third-order valence-corrected chi connectivity index (χ3v) is 2.96. The number of urea groups is 1. The number of hydrogen-bond acceptors (Lipinski definition) is 4. The second kappa shape index (κ2) is 7.74. The number of carbonyl (C=O) groups excluding carboxylic acids is 2. The van der Waals surface area contributed by atoms with E-state index < -0.39 is 18.0 Å². The Bertz CT molecular complexity index is 494. The number of anilines is 1. The van der Waals surface area contributed by atoms with Gasteiger partial charge in [-0.25, -0.2) is 4.79 Å². The van der Waals surface area contributed by atoms with Gasteiger partial charge in [-0.05, 0) is 32.0 Å². The number of rotatable bonds is 5. The van der Waals surface area contributed by atoms with Gasteiger partial charge in [0.05, 0.1) is 12.3 Å². The van der Waals surface area contributed by atoms with E-state index in [1.807, 2.05) is 19.1 Å². The molecule has 20 heavy (non-hydrogen) atoms. The van der Waals surface area contributed by atoms with Crippen LogP contribution in [-0.2, 0) is 4.79 Å². The van der Waals surface area contributed by atoms with Crippen molar-refractivity contribution in [2.45, 2.75) is 19.9 Å². The molecule has 0 aromatic heterocycles. The number of nitrogens with one attached hydrogen (secondary N) is 3. The third kappa shape index (κ3) is 4.73. The van der Waals surface area contributed by atoms with Crippen LogP contribution in [-0.4, -0.2) is 31.6 Å². The van der Waals surface area contributed by atoms with Gasteiger partial charge in [-0.1, -0.05) is 15.9 Å². The zero-order valence-corrected chi connectivity index (χ0v) is 13.2. The molecule has 0 aliphatic carbocycles. The molecule has 0 aliphatic rings. The van der Waals surface area contributed by atoms with Crippen LogP contribution in [0.15, 0.2) is 22.7 Å². The zero-order valence-electron chi connectivity index (χ0n) is 11.6. The quantitative estimate of drug-likeness (QED) is 0.764. The average molecular weight is 344 g/mol. The van der Waals surface area contributed by atoms with Gasteiger partial charge in [0, 0.05) is 11.5 Å². The molecule has 1 atom stereocenters. The lowest BCUT2D eigenvalue weighted by atomic mass is 10.2. The van der Waals surface area contributed by atoms with Crippen molar-refractivity contribution in [1.29, 1.82) is 0 Å². The molecule has 7 heteroatoms. The molecule has 0 saturated heterocycles. The second-order valence-electron chi connectivity index (χ2n) is 4.01. The first-order valence-electron chi connectivity index (χ1n) is 6.19. The smallest absolute Gasteiger partial charge is 0.321 e. The van der Waals surface area contributed by atoms with E-state index >= 15 is 0 Å². The normalized spacial score (nSPS) is 11.4. The molecule has 1 unspecified atom stereocenters. The summed E-state index contributed by atoms with van der Waals surface area (Å²) in [7, 11) is 1.45. The summed E-state index contributed by atoms with van der Waals surface area (Å²) >= 11 is 3.37.